The van der Waals surface area contributed by atoms with E-state index in [0.717, 1.165) is 23.2 Å². The van der Waals surface area contributed by atoms with Gasteiger partial charge in [0.1, 0.15) is 5.75 Å². The Morgan fingerprint density at radius 1 is 1.14 bits per heavy atom. The number of aromatic nitrogens is 1. The topological polar surface area (TPSA) is 60.7 Å². The molecule has 110 valence electrons. The molecule has 1 aromatic carbocycles. The standard InChI is InChI=1S/C16H17NO4/c1-9-12(18)8-15(19)17-5-4-10-6-13(20-2)14(21-3)7-11(10)16(9)17/h6-8,18H,4-5H2,1-3H3. The molecule has 21 heavy (non-hydrogen) atoms. The minimum absolute atomic E-state index is 0.0221. The van der Waals surface area contributed by atoms with Gasteiger partial charge in [0, 0.05) is 23.7 Å². The van der Waals surface area contributed by atoms with Gasteiger partial charge >= 0.3 is 0 Å². The van der Waals surface area contributed by atoms with Crippen molar-refractivity contribution in [3.05, 3.63) is 39.7 Å². The monoisotopic (exact) mass is 287 g/mol. The molecular weight excluding hydrogens is 270 g/mol. The van der Waals surface area contributed by atoms with E-state index in [1.165, 1.54) is 6.07 Å². The summed E-state index contributed by atoms with van der Waals surface area (Å²) in [5.41, 5.74) is 3.25. The molecule has 2 heterocycles. The van der Waals surface area contributed by atoms with E-state index in [4.69, 9.17) is 9.47 Å². The number of nitrogens with zero attached hydrogens (tertiary/aromatic N) is 1. The second-order valence-corrected chi connectivity index (χ2v) is 5.11. The van der Waals surface area contributed by atoms with Crippen molar-refractivity contribution in [2.45, 2.75) is 19.9 Å². The van der Waals surface area contributed by atoms with Gasteiger partial charge in [-0.1, -0.05) is 0 Å². The molecule has 1 N–H and O–H groups in total. The van der Waals surface area contributed by atoms with Crippen LogP contribution in [0.2, 0.25) is 0 Å². The van der Waals surface area contributed by atoms with Gasteiger partial charge in [0.05, 0.1) is 19.9 Å². The van der Waals surface area contributed by atoms with Crippen LogP contribution in [-0.4, -0.2) is 23.9 Å². The van der Waals surface area contributed by atoms with Crippen molar-refractivity contribution >= 4 is 0 Å². The summed E-state index contributed by atoms with van der Waals surface area (Å²) < 4.78 is 12.4. The highest BCUT2D eigenvalue weighted by atomic mass is 16.5. The Labute approximate surface area is 122 Å². The van der Waals surface area contributed by atoms with Crippen LogP contribution in [0.1, 0.15) is 11.1 Å². The normalized spacial score (nSPS) is 12.5. The third-order valence-electron chi connectivity index (χ3n) is 4.00. The van der Waals surface area contributed by atoms with Gasteiger partial charge in [-0.25, -0.2) is 0 Å². The summed E-state index contributed by atoms with van der Waals surface area (Å²) in [6.07, 6.45) is 0.743. The van der Waals surface area contributed by atoms with Crippen molar-refractivity contribution in [1.29, 1.82) is 0 Å². The average molecular weight is 287 g/mol. The molecule has 0 atom stereocenters. The first-order valence-electron chi connectivity index (χ1n) is 6.75. The van der Waals surface area contributed by atoms with Crippen molar-refractivity contribution in [1.82, 2.24) is 4.57 Å². The number of aromatic hydroxyl groups is 1. The Morgan fingerprint density at radius 2 is 1.81 bits per heavy atom. The van der Waals surface area contributed by atoms with Gasteiger partial charge in [0.2, 0.25) is 0 Å². The Morgan fingerprint density at radius 3 is 2.48 bits per heavy atom. The molecule has 1 aromatic heterocycles. The first kappa shape index (κ1) is 13.5. The number of pyridine rings is 1. The van der Waals surface area contributed by atoms with Gasteiger partial charge in [-0.15, -0.1) is 0 Å². The summed E-state index contributed by atoms with van der Waals surface area (Å²) in [6.45, 7) is 2.41. The number of benzene rings is 1. The van der Waals surface area contributed by atoms with E-state index in [1.807, 2.05) is 19.1 Å². The first-order chi connectivity index (χ1) is 10.1. The molecular formula is C16H17NO4. The minimum atomic E-state index is -0.187. The molecule has 0 spiro atoms. The molecule has 0 fully saturated rings. The minimum Gasteiger partial charge on any atom is -0.507 e. The predicted molar refractivity (Wildman–Crippen MR) is 79.3 cm³/mol. The van der Waals surface area contributed by atoms with Crippen molar-refractivity contribution < 1.29 is 14.6 Å². The van der Waals surface area contributed by atoms with Gasteiger partial charge in [-0.2, -0.15) is 0 Å². The lowest BCUT2D eigenvalue weighted by atomic mass is 9.94. The largest absolute Gasteiger partial charge is 0.507 e. The summed E-state index contributed by atoms with van der Waals surface area (Å²) in [5, 5.41) is 9.94. The lowest BCUT2D eigenvalue weighted by Crippen LogP contribution is -2.26. The van der Waals surface area contributed by atoms with E-state index < -0.39 is 0 Å². The summed E-state index contributed by atoms with van der Waals surface area (Å²) >= 11 is 0. The number of aryl methyl sites for hydroxylation is 1. The van der Waals surface area contributed by atoms with Gasteiger partial charge in [0.25, 0.3) is 5.56 Å². The molecule has 5 heteroatoms. The molecule has 0 unspecified atom stereocenters. The molecule has 0 bridgehead atoms. The van der Waals surface area contributed by atoms with Crippen LogP contribution < -0.4 is 15.0 Å². The van der Waals surface area contributed by atoms with E-state index in [2.05, 4.69) is 0 Å². The molecule has 0 saturated heterocycles. The lowest BCUT2D eigenvalue weighted by Gasteiger charge is -2.25. The quantitative estimate of drug-likeness (QED) is 0.919. The second kappa shape index (κ2) is 4.84. The highest BCUT2D eigenvalue weighted by Gasteiger charge is 2.23. The number of hydrogen-bond donors (Lipinski definition) is 1. The maximum atomic E-state index is 12.1. The van der Waals surface area contributed by atoms with E-state index in [1.54, 1.807) is 18.8 Å². The van der Waals surface area contributed by atoms with Crippen LogP contribution in [0.5, 0.6) is 17.2 Å². The van der Waals surface area contributed by atoms with Crippen molar-refractivity contribution in [3.8, 4) is 28.5 Å². The van der Waals surface area contributed by atoms with E-state index in [0.29, 0.717) is 23.6 Å². The maximum absolute atomic E-state index is 12.1. The lowest BCUT2D eigenvalue weighted by molar-refractivity contribution is 0.354. The Balaban J connectivity index is 2.34. The van der Waals surface area contributed by atoms with Gasteiger partial charge in [0.15, 0.2) is 11.5 Å². The van der Waals surface area contributed by atoms with Crippen LogP contribution in [0.3, 0.4) is 0 Å². The molecule has 0 aliphatic carbocycles. The Hall–Kier alpha value is -2.43. The van der Waals surface area contributed by atoms with Crippen LogP contribution >= 0.6 is 0 Å². The molecule has 0 saturated carbocycles. The second-order valence-electron chi connectivity index (χ2n) is 5.11. The zero-order chi connectivity index (χ0) is 15.1. The summed E-state index contributed by atoms with van der Waals surface area (Å²) in [4.78, 5) is 12.1. The van der Waals surface area contributed by atoms with Crippen molar-refractivity contribution in [2.75, 3.05) is 14.2 Å². The molecule has 0 amide bonds. The van der Waals surface area contributed by atoms with Crippen LogP contribution in [-0.2, 0) is 13.0 Å². The molecule has 0 radical (unpaired) electrons. The number of hydrogen-bond acceptors (Lipinski definition) is 4. The van der Waals surface area contributed by atoms with Crippen molar-refractivity contribution in [2.24, 2.45) is 0 Å². The number of ether oxygens (including phenoxy) is 2. The average Bonchev–Trinajstić information content (AvgIpc) is 2.50. The maximum Gasteiger partial charge on any atom is 0.254 e. The van der Waals surface area contributed by atoms with Crippen LogP contribution in [0, 0.1) is 6.92 Å². The van der Waals surface area contributed by atoms with E-state index in [9.17, 15) is 9.90 Å². The predicted octanol–water partition coefficient (Wildman–Crippen LogP) is 2.10. The summed E-state index contributed by atoms with van der Waals surface area (Å²) in [6, 6.07) is 5.07. The summed E-state index contributed by atoms with van der Waals surface area (Å²) in [5.74, 6) is 1.30. The molecule has 3 rings (SSSR count). The van der Waals surface area contributed by atoms with E-state index in [-0.39, 0.29) is 11.3 Å². The zero-order valence-electron chi connectivity index (χ0n) is 12.3. The highest BCUT2D eigenvalue weighted by Crippen LogP contribution is 2.40. The third-order valence-corrected chi connectivity index (χ3v) is 4.00. The highest BCUT2D eigenvalue weighted by molar-refractivity contribution is 5.74. The third kappa shape index (κ3) is 1.96. The van der Waals surface area contributed by atoms with Gasteiger partial charge < -0.3 is 19.1 Å². The summed E-state index contributed by atoms with van der Waals surface area (Å²) in [7, 11) is 3.18. The van der Waals surface area contributed by atoms with Crippen molar-refractivity contribution in [3.63, 3.8) is 0 Å². The van der Waals surface area contributed by atoms with E-state index >= 15 is 0 Å². The molecule has 5 nitrogen and oxygen atoms in total. The van der Waals surface area contributed by atoms with Crippen LogP contribution in [0.15, 0.2) is 23.0 Å². The smallest absolute Gasteiger partial charge is 0.254 e. The molecule has 1 aliphatic rings. The Kier molecular flexibility index (Phi) is 3.12. The SMILES string of the molecule is COc1cc2c(cc1OC)-c1c(C)c(O)cc(=O)n1CC2. The van der Waals surface area contributed by atoms with Gasteiger partial charge in [-0.3, -0.25) is 4.79 Å². The molecule has 1 aliphatic heterocycles. The fraction of sp³-hybridized carbons (Fsp3) is 0.312. The zero-order valence-corrected chi connectivity index (χ0v) is 12.3. The van der Waals surface area contributed by atoms with Gasteiger partial charge in [-0.05, 0) is 31.0 Å². The molecule has 2 aromatic rings. The first-order valence-corrected chi connectivity index (χ1v) is 6.75. The van der Waals surface area contributed by atoms with Crippen LogP contribution in [0.25, 0.3) is 11.3 Å². The van der Waals surface area contributed by atoms with Crippen LogP contribution in [0.4, 0.5) is 0 Å². The fourth-order valence-corrected chi connectivity index (χ4v) is 2.89. The number of rotatable bonds is 2. The Bertz CT molecular complexity index is 777. The number of methoxy groups -OCH3 is 2. The fourth-order valence-electron chi connectivity index (χ4n) is 2.89. The number of fused-ring (bicyclic) bond motifs is 3.